The minimum Gasteiger partial charge on any atom is -0.481 e. The first-order valence-electron chi connectivity index (χ1n) is 9.46. The first-order chi connectivity index (χ1) is 13.3. The van der Waals surface area contributed by atoms with Gasteiger partial charge in [-0.25, -0.2) is 0 Å². The van der Waals surface area contributed by atoms with Crippen molar-refractivity contribution in [1.29, 1.82) is 0 Å². The molecule has 1 saturated heterocycles. The summed E-state index contributed by atoms with van der Waals surface area (Å²) in [5.74, 6) is -1.05. The van der Waals surface area contributed by atoms with Crippen molar-refractivity contribution < 1.29 is 19.4 Å². The molecular formula is C21H27N3O4. The fraction of sp³-hybridized carbons (Fsp3) is 0.476. The lowest BCUT2D eigenvalue weighted by Crippen LogP contribution is -2.52. The molecule has 7 nitrogen and oxygen atoms in total. The Bertz CT molecular complexity index is 872. The van der Waals surface area contributed by atoms with Crippen molar-refractivity contribution >= 4 is 11.9 Å². The lowest BCUT2D eigenvalue weighted by Gasteiger charge is -2.39. The van der Waals surface area contributed by atoms with E-state index in [1.165, 1.54) is 7.11 Å². The molecule has 1 unspecified atom stereocenters. The maximum Gasteiger partial charge on any atom is 0.313 e. The maximum absolute atomic E-state index is 13.1. The Morgan fingerprint density at radius 2 is 2.07 bits per heavy atom. The van der Waals surface area contributed by atoms with Crippen LogP contribution in [0, 0.1) is 19.3 Å². The molecule has 1 N–H and O–H groups in total. The number of amides is 1. The van der Waals surface area contributed by atoms with Crippen LogP contribution in [0.15, 0.2) is 30.3 Å². The van der Waals surface area contributed by atoms with Crippen LogP contribution in [0.4, 0.5) is 0 Å². The Hall–Kier alpha value is -2.67. The molecular weight excluding hydrogens is 358 g/mol. The van der Waals surface area contributed by atoms with Crippen molar-refractivity contribution in [1.82, 2.24) is 14.7 Å². The predicted molar refractivity (Wildman–Crippen MR) is 104 cm³/mol. The number of likely N-dealkylation sites (tertiary alicyclic amines) is 1. The number of aromatic nitrogens is 2. The third-order valence-electron chi connectivity index (χ3n) is 5.35. The van der Waals surface area contributed by atoms with Crippen LogP contribution in [0.1, 0.15) is 40.2 Å². The molecule has 3 rings (SSSR count). The molecule has 0 aliphatic carbocycles. The van der Waals surface area contributed by atoms with Gasteiger partial charge in [-0.3, -0.25) is 14.3 Å². The van der Waals surface area contributed by atoms with Gasteiger partial charge in [-0.15, -0.1) is 0 Å². The summed E-state index contributed by atoms with van der Waals surface area (Å²) in [5, 5.41) is 14.2. The second-order valence-corrected chi connectivity index (χ2v) is 7.63. The quantitative estimate of drug-likeness (QED) is 0.826. The zero-order valence-corrected chi connectivity index (χ0v) is 16.6. The summed E-state index contributed by atoms with van der Waals surface area (Å²) in [6.07, 6.45) is 1.16. The zero-order valence-electron chi connectivity index (χ0n) is 16.6. The standard InChI is InChI=1S/C21H27N3O4/c1-15-10-16(2)24(22-15)12-17-6-4-7-18(11-17)19(25)23-9-5-8-21(13-23,14-28-3)20(26)27/h4,6-7,10-11H,5,8-9,12-14H2,1-3H3,(H,26,27). The molecule has 2 heterocycles. The van der Waals surface area contributed by atoms with Crippen LogP contribution in [0.25, 0.3) is 0 Å². The van der Waals surface area contributed by atoms with E-state index in [1.54, 1.807) is 11.0 Å². The van der Waals surface area contributed by atoms with Gasteiger partial charge in [0.25, 0.3) is 5.91 Å². The summed E-state index contributed by atoms with van der Waals surface area (Å²) in [6.45, 7) is 5.36. The molecule has 1 atom stereocenters. The molecule has 1 aliphatic rings. The monoisotopic (exact) mass is 385 g/mol. The number of aryl methyl sites for hydroxylation is 2. The molecule has 1 amide bonds. The molecule has 1 aromatic heterocycles. The molecule has 0 bridgehead atoms. The highest BCUT2D eigenvalue weighted by molar-refractivity contribution is 5.95. The number of hydrogen-bond acceptors (Lipinski definition) is 4. The second-order valence-electron chi connectivity index (χ2n) is 7.63. The topological polar surface area (TPSA) is 84.7 Å². The van der Waals surface area contributed by atoms with Gasteiger partial charge in [-0.2, -0.15) is 5.10 Å². The van der Waals surface area contributed by atoms with Gasteiger partial charge >= 0.3 is 5.97 Å². The number of carboxylic acid groups (broad SMARTS) is 1. The Morgan fingerprint density at radius 1 is 1.29 bits per heavy atom. The highest BCUT2D eigenvalue weighted by atomic mass is 16.5. The average Bonchev–Trinajstić information content (AvgIpc) is 2.98. The molecule has 1 aliphatic heterocycles. The highest BCUT2D eigenvalue weighted by Gasteiger charge is 2.44. The predicted octanol–water partition coefficient (Wildman–Crippen LogP) is 2.50. The normalized spacial score (nSPS) is 19.6. The molecule has 0 spiro atoms. The van der Waals surface area contributed by atoms with Crippen molar-refractivity contribution in [2.45, 2.75) is 33.2 Å². The summed E-state index contributed by atoms with van der Waals surface area (Å²) >= 11 is 0. The molecule has 28 heavy (non-hydrogen) atoms. The smallest absolute Gasteiger partial charge is 0.313 e. The Labute approximate surface area is 164 Å². The van der Waals surface area contributed by atoms with Crippen molar-refractivity contribution in [2.75, 3.05) is 26.8 Å². The number of rotatable bonds is 6. The minimum absolute atomic E-state index is 0.101. The molecule has 0 saturated carbocycles. The largest absolute Gasteiger partial charge is 0.481 e. The first-order valence-corrected chi connectivity index (χ1v) is 9.46. The van der Waals surface area contributed by atoms with Crippen LogP contribution in [0.2, 0.25) is 0 Å². The van der Waals surface area contributed by atoms with Gasteiger partial charge < -0.3 is 14.7 Å². The van der Waals surface area contributed by atoms with E-state index in [2.05, 4.69) is 5.10 Å². The lowest BCUT2D eigenvalue weighted by atomic mass is 9.80. The maximum atomic E-state index is 13.1. The van der Waals surface area contributed by atoms with Gasteiger partial charge in [0.1, 0.15) is 5.41 Å². The van der Waals surface area contributed by atoms with E-state index < -0.39 is 11.4 Å². The Morgan fingerprint density at radius 3 is 2.71 bits per heavy atom. The number of hydrogen-bond donors (Lipinski definition) is 1. The number of piperidine rings is 1. The number of ether oxygens (including phenoxy) is 1. The lowest BCUT2D eigenvalue weighted by molar-refractivity contribution is -0.155. The van der Waals surface area contributed by atoms with E-state index >= 15 is 0 Å². The second kappa shape index (κ2) is 8.14. The van der Waals surface area contributed by atoms with Gasteiger partial charge in [-0.1, -0.05) is 12.1 Å². The average molecular weight is 385 g/mol. The molecule has 0 radical (unpaired) electrons. The molecule has 7 heteroatoms. The van der Waals surface area contributed by atoms with Crippen molar-refractivity contribution in [2.24, 2.45) is 5.41 Å². The summed E-state index contributed by atoms with van der Waals surface area (Å²) in [5.41, 5.74) is 2.54. The van der Waals surface area contributed by atoms with Gasteiger partial charge in [0.2, 0.25) is 0 Å². The number of aliphatic carboxylic acids is 1. The van der Waals surface area contributed by atoms with Crippen molar-refractivity contribution in [3.8, 4) is 0 Å². The van der Waals surface area contributed by atoms with Gasteiger partial charge in [0.15, 0.2) is 0 Å². The summed E-state index contributed by atoms with van der Waals surface area (Å²) in [7, 11) is 1.49. The third-order valence-corrected chi connectivity index (χ3v) is 5.35. The first kappa shape index (κ1) is 20.1. The van der Waals surface area contributed by atoms with Crippen LogP contribution in [-0.4, -0.2) is 58.5 Å². The number of carboxylic acids is 1. The SMILES string of the molecule is COCC1(C(=O)O)CCCN(C(=O)c2cccc(Cn3nc(C)cc3C)c2)C1. The van der Waals surface area contributed by atoms with Crippen LogP contribution in [-0.2, 0) is 16.1 Å². The molecule has 1 fully saturated rings. The number of carbonyl (C=O) groups excluding carboxylic acids is 1. The van der Waals surface area contributed by atoms with E-state index in [0.29, 0.717) is 31.5 Å². The van der Waals surface area contributed by atoms with Gasteiger partial charge in [0.05, 0.1) is 18.8 Å². The van der Waals surface area contributed by atoms with E-state index in [9.17, 15) is 14.7 Å². The summed E-state index contributed by atoms with van der Waals surface area (Å²) in [6, 6.07) is 9.49. The van der Waals surface area contributed by atoms with Crippen LogP contribution in [0.5, 0.6) is 0 Å². The fourth-order valence-electron chi connectivity index (χ4n) is 3.93. The van der Waals surface area contributed by atoms with Crippen molar-refractivity contribution in [3.63, 3.8) is 0 Å². The van der Waals surface area contributed by atoms with Crippen LogP contribution in [0.3, 0.4) is 0 Å². The molecule has 150 valence electrons. The third kappa shape index (κ3) is 4.09. The van der Waals surface area contributed by atoms with E-state index in [1.807, 2.05) is 42.8 Å². The van der Waals surface area contributed by atoms with Crippen LogP contribution >= 0.6 is 0 Å². The van der Waals surface area contributed by atoms with Gasteiger partial charge in [0, 0.05) is 31.5 Å². The van der Waals surface area contributed by atoms with Crippen LogP contribution < -0.4 is 0 Å². The number of benzene rings is 1. The highest BCUT2D eigenvalue weighted by Crippen LogP contribution is 2.31. The van der Waals surface area contributed by atoms with E-state index in [4.69, 9.17) is 4.74 Å². The number of methoxy groups -OCH3 is 1. The summed E-state index contributed by atoms with van der Waals surface area (Å²) in [4.78, 5) is 26.5. The Balaban J connectivity index is 1.78. The Kier molecular flexibility index (Phi) is 5.84. The van der Waals surface area contributed by atoms with Gasteiger partial charge in [-0.05, 0) is 50.5 Å². The zero-order chi connectivity index (χ0) is 20.3. The van der Waals surface area contributed by atoms with E-state index in [0.717, 1.165) is 17.0 Å². The molecule has 2 aromatic rings. The fourth-order valence-corrected chi connectivity index (χ4v) is 3.93. The molecule has 1 aromatic carbocycles. The van der Waals surface area contributed by atoms with E-state index in [-0.39, 0.29) is 19.1 Å². The van der Waals surface area contributed by atoms with Crippen molar-refractivity contribution in [3.05, 3.63) is 52.8 Å². The summed E-state index contributed by atoms with van der Waals surface area (Å²) < 4.78 is 7.06. The number of carbonyl (C=O) groups is 2. The minimum atomic E-state index is -1.04. The number of nitrogens with zero attached hydrogens (tertiary/aromatic N) is 3.